The van der Waals surface area contributed by atoms with Crippen LogP contribution in [0.4, 0.5) is 0 Å². The smallest absolute Gasteiger partial charge is 0.150 e. The molecule has 1 aromatic rings. The van der Waals surface area contributed by atoms with Crippen molar-refractivity contribution in [3.05, 3.63) is 16.6 Å². The number of hydrogen-bond acceptors (Lipinski definition) is 5. The molecule has 0 spiro atoms. The van der Waals surface area contributed by atoms with Crippen molar-refractivity contribution in [3.8, 4) is 0 Å². The lowest BCUT2D eigenvalue weighted by Crippen LogP contribution is -2.26. The summed E-state index contributed by atoms with van der Waals surface area (Å²) in [5.41, 5.74) is 1.81. The van der Waals surface area contributed by atoms with Crippen LogP contribution in [0.1, 0.15) is 24.3 Å². The van der Waals surface area contributed by atoms with E-state index >= 15 is 0 Å². The fraction of sp³-hybridized carbons (Fsp3) is 0.700. The van der Waals surface area contributed by atoms with Crippen LogP contribution >= 0.6 is 11.3 Å². The van der Waals surface area contributed by atoms with E-state index in [1.165, 1.54) is 4.88 Å². The fourth-order valence-electron chi connectivity index (χ4n) is 1.92. The first kappa shape index (κ1) is 12.0. The van der Waals surface area contributed by atoms with Crippen molar-refractivity contribution in [2.75, 3.05) is 18.1 Å². The van der Waals surface area contributed by atoms with Crippen LogP contribution in [-0.4, -0.2) is 31.5 Å². The van der Waals surface area contributed by atoms with E-state index in [0.717, 1.165) is 13.0 Å². The Labute approximate surface area is 100 Å². The summed E-state index contributed by atoms with van der Waals surface area (Å²) in [7, 11) is -2.75. The standard InChI is InChI=1S/C10H16N2O2S2/c1-8(10-5-11-7-15-10)12-4-9-2-3-16(13,14)6-9/h5,7-9,12H,2-4,6H2,1H3. The number of nitrogens with one attached hydrogen (secondary N) is 1. The quantitative estimate of drug-likeness (QED) is 0.884. The highest BCUT2D eigenvalue weighted by molar-refractivity contribution is 7.91. The number of aromatic nitrogens is 1. The second kappa shape index (κ2) is 4.81. The van der Waals surface area contributed by atoms with E-state index < -0.39 is 9.84 Å². The van der Waals surface area contributed by atoms with Crippen molar-refractivity contribution >= 4 is 21.2 Å². The van der Waals surface area contributed by atoms with Gasteiger partial charge in [-0.15, -0.1) is 11.3 Å². The van der Waals surface area contributed by atoms with Crippen molar-refractivity contribution in [1.29, 1.82) is 0 Å². The molecule has 90 valence electrons. The molecular formula is C10H16N2O2S2. The fourth-order valence-corrected chi connectivity index (χ4v) is 4.43. The van der Waals surface area contributed by atoms with Crippen molar-refractivity contribution < 1.29 is 8.42 Å². The molecule has 2 unspecified atom stereocenters. The molecule has 0 bridgehead atoms. The molecule has 1 aliphatic rings. The first-order valence-electron chi connectivity index (χ1n) is 5.39. The lowest BCUT2D eigenvalue weighted by atomic mass is 10.1. The molecule has 2 rings (SSSR count). The molecule has 0 aromatic carbocycles. The predicted octanol–water partition coefficient (Wildman–Crippen LogP) is 1.23. The maximum atomic E-state index is 11.3. The van der Waals surface area contributed by atoms with Gasteiger partial charge in [0, 0.05) is 17.1 Å². The summed E-state index contributed by atoms with van der Waals surface area (Å²) in [5, 5.41) is 3.37. The van der Waals surface area contributed by atoms with Gasteiger partial charge in [-0.05, 0) is 25.8 Å². The highest BCUT2D eigenvalue weighted by atomic mass is 32.2. The number of rotatable bonds is 4. The third-order valence-electron chi connectivity index (χ3n) is 2.92. The van der Waals surface area contributed by atoms with Crippen LogP contribution in [0.5, 0.6) is 0 Å². The summed E-state index contributed by atoms with van der Waals surface area (Å²) < 4.78 is 22.6. The largest absolute Gasteiger partial charge is 0.309 e. The first-order chi connectivity index (χ1) is 7.57. The molecule has 1 aromatic heterocycles. The van der Waals surface area contributed by atoms with Gasteiger partial charge in [-0.1, -0.05) is 0 Å². The lowest BCUT2D eigenvalue weighted by molar-refractivity contribution is 0.479. The molecule has 2 heterocycles. The van der Waals surface area contributed by atoms with E-state index in [9.17, 15) is 8.42 Å². The Morgan fingerprint density at radius 1 is 1.69 bits per heavy atom. The molecule has 1 fully saturated rings. The highest BCUT2D eigenvalue weighted by Crippen LogP contribution is 2.20. The predicted molar refractivity (Wildman–Crippen MR) is 65.3 cm³/mol. The Morgan fingerprint density at radius 3 is 3.06 bits per heavy atom. The van der Waals surface area contributed by atoms with Gasteiger partial charge in [0.2, 0.25) is 0 Å². The van der Waals surface area contributed by atoms with Gasteiger partial charge in [-0.3, -0.25) is 4.98 Å². The van der Waals surface area contributed by atoms with Gasteiger partial charge in [-0.2, -0.15) is 0 Å². The van der Waals surface area contributed by atoms with E-state index in [1.54, 1.807) is 11.3 Å². The summed E-state index contributed by atoms with van der Waals surface area (Å²) in [6.07, 6.45) is 2.65. The minimum absolute atomic E-state index is 0.260. The average molecular weight is 260 g/mol. The second-order valence-corrected chi connectivity index (χ2v) is 7.45. The Bertz CT molecular complexity index is 428. The molecule has 16 heavy (non-hydrogen) atoms. The van der Waals surface area contributed by atoms with Crippen molar-refractivity contribution in [1.82, 2.24) is 10.3 Å². The van der Waals surface area contributed by atoms with Crippen LogP contribution in [0.15, 0.2) is 11.7 Å². The van der Waals surface area contributed by atoms with Crippen LogP contribution in [0.3, 0.4) is 0 Å². The minimum atomic E-state index is -2.75. The van der Waals surface area contributed by atoms with E-state index in [0.29, 0.717) is 11.5 Å². The van der Waals surface area contributed by atoms with Crippen LogP contribution < -0.4 is 5.32 Å². The number of nitrogens with zero attached hydrogens (tertiary/aromatic N) is 1. The Hall–Kier alpha value is -0.460. The summed E-state index contributed by atoms with van der Waals surface area (Å²) >= 11 is 1.62. The van der Waals surface area contributed by atoms with Crippen LogP contribution in [0.2, 0.25) is 0 Å². The molecule has 0 saturated carbocycles. The van der Waals surface area contributed by atoms with Gasteiger partial charge in [0.1, 0.15) is 0 Å². The zero-order valence-corrected chi connectivity index (χ0v) is 10.9. The van der Waals surface area contributed by atoms with Gasteiger partial charge < -0.3 is 5.32 Å². The third-order valence-corrected chi connectivity index (χ3v) is 5.71. The lowest BCUT2D eigenvalue weighted by Gasteiger charge is -2.14. The monoisotopic (exact) mass is 260 g/mol. The normalized spacial score (nSPS) is 25.7. The SMILES string of the molecule is CC(NCC1CCS(=O)(=O)C1)c1cncs1. The van der Waals surface area contributed by atoms with Crippen molar-refractivity contribution in [2.45, 2.75) is 19.4 Å². The molecule has 2 atom stereocenters. The number of hydrogen-bond donors (Lipinski definition) is 1. The van der Waals surface area contributed by atoms with E-state index in [4.69, 9.17) is 0 Å². The zero-order valence-electron chi connectivity index (χ0n) is 9.22. The Balaban J connectivity index is 1.80. The Kier molecular flexibility index (Phi) is 3.61. The summed E-state index contributed by atoms with van der Waals surface area (Å²) in [6, 6.07) is 0.260. The highest BCUT2D eigenvalue weighted by Gasteiger charge is 2.27. The van der Waals surface area contributed by atoms with Gasteiger partial charge in [-0.25, -0.2) is 8.42 Å². The molecular weight excluding hydrogens is 244 g/mol. The van der Waals surface area contributed by atoms with E-state index in [1.807, 2.05) is 11.7 Å². The van der Waals surface area contributed by atoms with Gasteiger partial charge in [0.05, 0.1) is 17.0 Å². The maximum absolute atomic E-state index is 11.3. The summed E-state index contributed by atoms with van der Waals surface area (Å²) in [4.78, 5) is 5.22. The van der Waals surface area contributed by atoms with Crippen molar-refractivity contribution in [3.63, 3.8) is 0 Å². The molecule has 0 radical (unpaired) electrons. The third kappa shape index (κ3) is 3.02. The molecule has 4 nitrogen and oxygen atoms in total. The zero-order chi connectivity index (χ0) is 11.6. The second-order valence-electron chi connectivity index (χ2n) is 4.30. The molecule has 1 N–H and O–H groups in total. The van der Waals surface area contributed by atoms with Crippen LogP contribution in [-0.2, 0) is 9.84 Å². The van der Waals surface area contributed by atoms with Gasteiger partial charge in [0.15, 0.2) is 9.84 Å². The van der Waals surface area contributed by atoms with Gasteiger partial charge in [0.25, 0.3) is 0 Å². The van der Waals surface area contributed by atoms with Crippen LogP contribution in [0, 0.1) is 5.92 Å². The average Bonchev–Trinajstić information content (AvgIpc) is 2.83. The molecule has 0 aliphatic carbocycles. The summed E-state index contributed by atoms with van der Waals surface area (Å²) in [6.45, 7) is 2.86. The number of thiazole rings is 1. The number of sulfone groups is 1. The molecule has 1 saturated heterocycles. The Morgan fingerprint density at radius 2 is 2.50 bits per heavy atom. The molecule has 6 heteroatoms. The topological polar surface area (TPSA) is 59.1 Å². The molecule has 0 amide bonds. The van der Waals surface area contributed by atoms with E-state index in [-0.39, 0.29) is 12.0 Å². The first-order valence-corrected chi connectivity index (χ1v) is 8.09. The van der Waals surface area contributed by atoms with Crippen molar-refractivity contribution in [2.24, 2.45) is 5.92 Å². The summed E-state index contributed by atoms with van der Waals surface area (Å²) in [5.74, 6) is 0.976. The minimum Gasteiger partial charge on any atom is -0.309 e. The van der Waals surface area contributed by atoms with Gasteiger partial charge >= 0.3 is 0 Å². The maximum Gasteiger partial charge on any atom is 0.150 e. The van der Waals surface area contributed by atoms with Crippen LogP contribution in [0.25, 0.3) is 0 Å². The molecule has 1 aliphatic heterocycles. The van der Waals surface area contributed by atoms with E-state index in [2.05, 4.69) is 17.2 Å².